The highest BCUT2D eigenvalue weighted by molar-refractivity contribution is 6.05. The van der Waals surface area contributed by atoms with Crippen LogP contribution in [0.4, 0.5) is 18.9 Å². The van der Waals surface area contributed by atoms with Gasteiger partial charge in [0.15, 0.2) is 0 Å². The van der Waals surface area contributed by atoms with Crippen LogP contribution < -0.4 is 15.4 Å². The Morgan fingerprint density at radius 2 is 1.59 bits per heavy atom. The lowest BCUT2D eigenvalue weighted by Crippen LogP contribution is -2.51. The van der Waals surface area contributed by atoms with E-state index in [0.717, 1.165) is 27.8 Å². The third kappa shape index (κ3) is 5.96. The minimum atomic E-state index is -4.47. The molecule has 1 unspecified atom stereocenters. The van der Waals surface area contributed by atoms with E-state index >= 15 is 0 Å². The molecule has 1 aromatic heterocycles. The molecular formula is C32H30F3N3O3. The molecule has 0 radical (unpaired) electrons. The Labute approximate surface area is 236 Å². The van der Waals surface area contributed by atoms with Crippen LogP contribution in [0.3, 0.4) is 0 Å². The summed E-state index contributed by atoms with van der Waals surface area (Å²) in [5.74, 6) is 0.106. The van der Waals surface area contributed by atoms with Crippen LogP contribution in [0.2, 0.25) is 0 Å². The van der Waals surface area contributed by atoms with Gasteiger partial charge in [0.2, 0.25) is 5.88 Å². The van der Waals surface area contributed by atoms with Crippen LogP contribution in [-0.4, -0.2) is 41.6 Å². The first kappa shape index (κ1) is 28.3. The second-order valence-corrected chi connectivity index (χ2v) is 10.1. The van der Waals surface area contributed by atoms with Crippen molar-refractivity contribution in [2.75, 3.05) is 18.5 Å². The summed E-state index contributed by atoms with van der Waals surface area (Å²) in [6.07, 6.45) is -3.69. The van der Waals surface area contributed by atoms with E-state index in [1.54, 1.807) is 24.3 Å². The molecule has 6 nitrogen and oxygen atoms in total. The zero-order valence-corrected chi connectivity index (χ0v) is 22.4. The summed E-state index contributed by atoms with van der Waals surface area (Å²) in [5.41, 5.74) is 4.18. The number of nitrogens with one attached hydrogen (secondary N) is 2. The molecule has 1 aliphatic carbocycles. The van der Waals surface area contributed by atoms with E-state index in [-0.39, 0.29) is 12.5 Å². The number of fused-ring (bicyclic) bond motifs is 3. The molecule has 9 heteroatoms. The number of nitrogens with zero attached hydrogens (tertiary/aromatic N) is 1. The maximum Gasteiger partial charge on any atom is 0.401 e. The van der Waals surface area contributed by atoms with Crippen molar-refractivity contribution >= 4 is 11.6 Å². The number of anilines is 1. The zero-order valence-electron chi connectivity index (χ0n) is 22.4. The fourth-order valence-electron chi connectivity index (χ4n) is 5.54. The van der Waals surface area contributed by atoms with Crippen LogP contribution in [0.5, 0.6) is 5.88 Å². The molecule has 3 N–H and O–H groups in total. The number of halogens is 3. The van der Waals surface area contributed by atoms with Crippen molar-refractivity contribution in [2.45, 2.75) is 37.6 Å². The molecule has 0 aliphatic heterocycles. The summed E-state index contributed by atoms with van der Waals surface area (Å²) in [6, 6.07) is 25.6. The molecule has 0 spiro atoms. The number of carbonyl (C=O) groups is 1. The van der Waals surface area contributed by atoms with Crippen molar-refractivity contribution in [3.8, 4) is 17.0 Å². The maximum absolute atomic E-state index is 13.1. The van der Waals surface area contributed by atoms with E-state index in [4.69, 9.17) is 4.74 Å². The molecule has 4 aromatic rings. The van der Waals surface area contributed by atoms with E-state index in [2.05, 4.69) is 15.6 Å². The molecule has 1 heterocycles. The van der Waals surface area contributed by atoms with Gasteiger partial charge in [-0.05, 0) is 59.7 Å². The van der Waals surface area contributed by atoms with Gasteiger partial charge in [-0.25, -0.2) is 4.98 Å². The second-order valence-electron chi connectivity index (χ2n) is 10.1. The van der Waals surface area contributed by atoms with E-state index in [9.17, 15) is 23.1 Å². The van der Waals surface area contributed by atoms with Gasteiger partial charge >= 0.3 is 6.18 Å². The number of aliphatic hydroxyl groups is 1. The first-order valence-electron chi connectivity index (χ1n) is 13.3. The van der Waals surface area contributed by atoms with Crippen LogP contribution in [0, 0.1) is 6.92 Å². The fourth-order valence-corrected chi connectivity index (χ4v) is 5.54. The van der Waals surface area contributed by atoms with Crippen LogP contribution in [-0.2, 0) is 5.41 Å². The van der Waals surface area contributed by atoms with Crippen molar-refractivity contribution in [1.29, 1.82) is 0 Å². The predicted octanol–water partition coefficient (Wildman–Crippen LogP) is 6.24. The lowest BCUT2D eigenvalue weighted by Gasteiger charge is -2.37. The summed E-state index contributed by atoms with van der Waals surface area (Å²) >= 11 is 0. The summed E-state index contributed by atoms with van der Waals surface area (Å²) in [4.78, 5) is 16.8. The van der Waals surface area contributed by atoms with Gasteiger partial charge in [0.25, 0.3) is 5.91 Å². The van der Waals surface area contributed by atoms with Crippen LogP contribution >= 0.6 is 0 Å². The molecular weight excluding hydrogens is 531 g/mol. The lowest BCUT2D eigenvalue weighted by atomic mass is 9.73. The first-order chi connectivity index (χ1) is 19.7. The Morgan fingerprint density at radius 3 is 2.20 bits per heavy atom. The van der Waals surface area contributed by atoms with E-state index in [1.165, 1.54) is 6.20 Å². The first-order valence-corrected chi connectivity index (χ1v) is 13.3. The Kier molecular flexibility index (Phi) is 8.10. The lowest BCUT2D eigenvalue weighted by molar-refractivity contribution is -0.133. The Bertz CT molecular complexity index is 1480. The Hall–Kier alpha value is -4.21. The third-order valence-electron chi connectivity index (χ3n) is 7.42. The molecule has 212 valence electrons. The van der Waals surface area contributed by atoms with Crippen molar-refractivity contribution in [3.63, 3.8) is 0 Å². The SMILES string of the molecule is Cc1ccccc1C(=O)Nc1ccc(OCCCC2(C(O)NCC(F)(F)F)c3ccccc3-c3ccccc32)nc1. The van der Waals surface area contributed by atoms with Crippen LogP contribution in [0.15, 0.2) is 91.1 Å². The summed E-state index contributed by atoms with van der Waals surface area (Å²) < 4.78 is 45.1. The largest absolute Gasteiger partial charge is 0.478 e. The van der Waals surface area contributed by atoms with E-state index < -0.39 is 24.4 Å². The Morgan fingerprint density at radius 1 is 0.951 bits per heavy atom. The fraction of sp³-hybridized carbons (Fsp3) is 0.250. The minimum Gasteiger partial charge on any atom is -0.478 e. The standard InChI is InChI=1S/C32H30F3N3O3/c1-21-9-2-3-10-23(21)29(39)38-22-15-16-28(36-19-22)41-18-8-17-31(30(40)37-20-32(33,34)35)26-13-6-4-11-24(26)25-12-5-7-14-27(25)31/h2-7,9-16,19,30,37,40H,8,17-18,20H2,1H3,(H,38,39). The van der Waals surface area contributed by atoms with Gasteiger partial charge in [0.1, 0.15) is 6.23 Å². The number of hydrogen-bond acceptors (Lipinski definition) is 5. The van der Waals surface area contributed by atoms with Gasteiger partial charge in [-0.2, -0.15) is 13.2 Å². The number of alkyl halides is 3. The van der Waals surface area contributed by atoms with Gasteiger partial charge in [-0.3, -0.25) is 10.1 Å². The van der Waals surface area contributed by atoms with Crippen LogP contribution in [0.25, 0.3) is 11.1 Å². The number of rotatable bonds is 10. The highest BCUT2D eigenvalue weighted by Gasteiger charge is 2.48. The van der Waals surface area contributed by atoms with Crippen LogP contribution in [0.1, 0.15) is 39.9 Å². The summed E-state index contributed by atoms with van der Waals surface area (Å²) in [7, 11) is 0. The topological polar surface area (TPSA) is 83.5 Å². The number of benzene rings is 3. The number of amides is 1. The molecule has 0 saturated carbocycles. The summed E-state index contributed by atoms with van der Waals surface area (Å²) in [5, 5.41) is 16.4. The molecule has 1 aliphatic rings. The second kappa shape index (κ2) is 11.7. The highest BCUT2D eigenvalue weighted by atomic mass is 19.4. The number of aryl methyl sites for hydroxylation is 1. The van der Waals surface area contributed by atoms with E-state index in [1.807, 2.05) is 67.6 Å². The van der Waals surface area contributed by atoms with Gasteiger partial charge < -0.3 is 15.2 Å². The molecule has 0 saturated heterocycles. The van der Waals surface area contributed by atoms with E-state index in [0.29, 0.717) is 30.0 Å². The normalized spacial score (nSPS) is 14.2. The number of aliphatic hydroxyl groups excluding tert-OH is 1. The average molecular weight is 562 g/mol. The quantitative estimate of drug-likeness (QED) is 0.158. The predicted molar refractivity (Wildman–Crippen MR) is 151 cm³/mol. The van der Waals surface area contributed by atoms with Gasteiger partial charge in [0.05, 0.1) is 30.5 Å². The smallest absolute Gasteiger partial charge is 0.401 e. The highest BCUT2D eigenvalue weighted by Crippen LogP contribution is 2.52. The summed E-state index contributed by atoms with van der Waals surface area (Å²) in [6.45, 7) is 0.774. The van der Waals surface area contributed by atoms with Crippen molar-refractivity contribution < 1.29 is 27.8 Å². The number of carbonyl (C=O) groups excluding carboxylic acids is 1. The van der Waals surface area contributed by atoms with Crippen molar-refractivity contribution in [3.05, 3.63) is 113 Å². The monoisotopic (exact) mass is 561 g/mol. The number of aromatic nitrogens is 1. The van der Waals surface area contributed by atoms with Crippen molar-refractivity contribution in [1.82, 2.24) is 10.3 Å². The van der Waals surface area contributed by atoms with Gasteiger partial charge in [-0.15, -0.1) is 0 Å². The molecule has 1 atom stereocenters. The number of pyridine rings is 1. The average Bonchev–Trinajstić information content (AvgIpc) is 3.25. The molecule has 1 amide bonds. The molecule has 41 heavy (non-hydrogen) atoms. The maximum atomic E-state index is 13.1. The minimum absolute atomic E-state index is 0.222. The molecule has 3 aromatic carbocycles. The molecule has 5 rings (SSSR count). The van der Waals surface area contributed by atoms with Gasteiger partial charge in [0, 0.05) is 11.6 Å². The molecule has 0 bridgehead atoms. The zero-order chi connectivity index (χ0) is 29.0. The number of hydrogen-bond donors (Lipinski definition) is 3. The number of ether oxygens (including phenoxy) is 1. The van der Waals surface area contributed by atoms with Gasteiger partial charge in [-0.1, -0.05) is 66.7 Å². The van der Waals surface area contributed by atoms with Crippen molar-refractivity contribution in [2.24, 2.45) is 0 Å². The third-order valence-corrected chi connectivity index (χ3v) is 7.42. The Balaban J connectivity index is 1.28. The molecule has 0 fully saturated rings.